The van der Waals surface area contributed by atoms with Crippen LogP contribution in [0.3, 0.4) is 0 Å². The molecule has 1 aliphatic heterocycles. The van der Waals surface area contributed by atoms with Crippen molar-refractivity contribution < 1.29 is 9.21 Å². The molecule has 5 heteroatoms. The first-order valence-electron chi connectivity index (χ1n) is 8.33. The van der Waals surface area contributed by atoms with Gasteiger partial charge >= 0.3 is 0 Å². The van der Waals surface area contributed by atoms with Gasteiger partial charge in [-0.25, -0.2) is 4.98 Å². The number of amides is 1. The Morgan fingerprint density at radius 2 is 1.92 bits per heavy atom. The molecule has 4 nitrogen and oxygen atoms in total. The van der Waals surface area contributed by atoms with Crippen molar-refractivity contribution in [3.63, 3.8) is 0 Å². The lowest BCUT2D eigenvalue weighted by molar-refractivity contribution is -0.118. The number of anilines is 1. The molecule has 0 saturated heterocycles. The summed E-state index contributed by atoms with van der Waals surface area (Å²) in [5, 5.41) is 0. The van der Waals surface area contributed by atoms with E-state index in [1.54, 1.807) is 18.0 Å². The molecule has 4 rings (SSSR count). The van der Waals surface area contributed by atoms with Crippen molar-refractivity contribution in [2.45, 2.75) is 17.7 Å². The van der Waals surface area contributed by atoms with Gasteiger partial charge in [-0.05, 0) is 12.1 Å². The van der Waals surface area contributed by atoms with E-state index in [0.29, 0.717) is 18.7 Å². The number of aryl methyl sites for hydroxylation is 1. The zero-order chi connectivity index (χ0) is 17.1. The van der Waals surface area contributed by atoms with E-state index >= 15 is 0 Å². The smallest absolute Gasteiger partial charge is 0.227 e. The lowest BCUT2D eigenvalue weighted by atomic mass is 10.2. The summed E-state index contributed by atoms with van der Waals surface area (Å²) < 4.78 is 5.79. The highest BCUT2D eigenvalue weighted by molar-refractivity contribution is 7.99. The topological polar surface area (TPSA) is 46.3 Å². The Bertz CT molecular complexity index is 876. The summed E-state index contributed by atoms with van der Waals surface area (Å²) in [6, 6.07) is 17.9. The molecule has 2 aromatic carbocycles. The van der Waals surface area contributed by atoms with Crippen molar-refractivity contribution in [2.24, 2.45) is 0 Å². The van der Waals surface area contributed by atoms with Crippen molar-refractivity contribution in [3.8, 4) is 11.3 Å². The number of carbonyl (C=O) groups excluding carboxylic acids is 1. The van der Waals surface area contributed by atoms with Crippen molar-refractivity contribution in [1.82, 2.24) is 4.98 Å². The summed E-state index contributed by atoms with van der Waals surface area (Å²) in [6.45, 7) is 0.751. The molecule has 3 aromatic rings. The van der Waals surface area contributed by atoms with E-state index in [-0.39, 0.29) is 5.91 Å². The fraction of sp³-hybridized carbons (Fsp3) is 0.200. The van der Waals surface area contributed by atoms with Gasteiger partial charge in [-0.1, -0.05) is 42.5 Å². The molecular weight excluding hydrogens is 332 g/mol. The molecule has 0 saturated carbocycles. The van der Waals surface area contributed by atoms with Gasteiger partial charge in [-0.3, -0.25) is 4.79 Å². The molecule has 25 heavy (non-hydrogen) atoms. The molecule has 2 heterocycles. The number of nitrogens with zero attached hydrogens (tertiary/aromatic N) is 2. The number of oxazole rings is 1. The van der Waals surface area contributed by atoms with Gasteiger partial charge in [0.15, 0.2) is 11.7 Å². The first-order chi connectivity index (χ1) is 12.3. The monoisotopic (exact) mass is 350 g/mol. The van der Waals surface area contributed by atoms with Crippen molar-refractivity contribution in [3.05, 3.63) is 66.7 Å². The molecule has 0 radical (unpaired) electrons. The lowest BCUT2D eigenvalue weighted by Gasteiger charge is -2.28. The molecule has 0 spiro atoms. The quantitative estimate of drug-likeness (QED) is 0.699. The van der Waals surface area contributed by atoms with Crippen LogP contribution < -0.4 is 4.90 Å². The van der Waals surface area contributed by atoms with Crippen LogP contribution in [0.2, 0.25) is 0 Å². The Hall–Kier alpha value is -2.53. The predicted octanol–water partition coefficient (Wildman–Crippen LogP) is 4.41. The highest BCUT2D eigenvalue weighted by Crippen LogP contribution is 2.34. The van der Waals surface area contributed by atoms with E-state index in [9.17, 15) is 4.79 Å². The van der Waals surface area contributed by atoms with Gasteiger partial charge in [0.05, 0.1) is 11.9 Å². The van der Waals surface area contributed by atoms with E-state index in [2.05, 4.69) is 11.1 Å². The molecule has 0 atom stereocenters. The van der Waals surface area contributed by atoms with Crippen LogP contribution in [0, 0.1) is 0 Å². The van der Waals surface area contributed by atoms with Crippen molar-refractivity contribution >= 4 is 23.4 Å². The van der Waals surface area contributed by atoms with Gasteiger partial charge in [0, 0.05) is 35.6 Å². The second-order valence-electron chi connectivity index (χ2n) is 5.85. The molecule has 0 bridgehead atoms. The van der Waals surface area contributed by atoms with Crippen LogP contribution in [0.15, 0.2) is 70.1 Å². The van der Waals surface area contributed by atoms with E-state index in [0.717, 1.165) is 29.3 Å². The third kappa shape index (κ3) is 3.46. The molecule has 0 unspecified atom stereocenters. The van der Waals surface area contributed by atoms with Gasteiger partial charge in [0.2, 0.25) is 5.91 Å². The Balaban J connectivity index is 1.42. The standard InChI is InChI=1S/C20H18N2O2S/c23-20(22-12-13-25-18-9-5-4-8-16(18)22)11-10-19-21-14-17(24-19)15-6-2-1-3-7-15/h1-9,14H,10-13H2. The summed E-state index contributed by atoms with van der Waals surface area (Å²) in [4.78, 5) is 20.0. The highest BCUT2D eigenvalue weighted by Gasteiger charge is 2.22. The molecule has 0 N–H and O–H groups in total. The largest absolute Gasteiger partial charge is 0.441 e. The van der Waals surface area contributed by atoms with E-state index in [1.165, 1.54) is 4.90 Å². The average molecular weight is 350 g/mol. The van der Waals surface area contributed by atoms with E-state index < -0.39 is 0 Å². The van der Waals surface area contributed by atoms with Gasteiger partial charge in [-0.15, -0.1) is 11.8 Å². The van der Waals surface area contributed by atoms with E-state index in [1.807, 2.05) is 53.4 Å². The number of rotatable bonds is 4. The molecule has 1 amide bonds. The van der Waals surface area contributed by atoms with Crippen LogP contribution in [-0.4, -0.2) is 23.2 Å². The lowest BCUT2D eigenvalue weighted by Crippen LogP contribution is -2.35. The fourth-order valence-corrected chi connectivity index (χ4v) is 3.93. The van der Waals surface area contributed by atoms with Crippen LogP contribution >= 0.6 is 11.8 Å². The van der Waals surface area contributed by atoms with Crippen molar-refractivity contribution in [2.75, 3.05) is 17.2 Å². The second-order valence-corrected chi connectivity index (χ2v) is 6.98. The number of hydrogen-bond acceptors (Lipinski definition) is 4. The Labute approximate surface area is 150 Å². The molecule has 0 aliphatic carbocycles. The van der Waals surface area contributed by atoms with Crippen LogP contribution in [0.4, 0.5) is 5.69 Å². The molecule has 1 aromatic heterocycles. The Kier molecular flexibility index (Phi) is 4.57. The van der Waals surface area contributed by atoms with Crippen LogP contribution in [0.25, 0.3) is 11.3 Å². The molecule has 0 fully saturated rings. The first-order valence-corrected chi connectivity index (χ1v) is 9.32. The maximum absolute atomic E-state index is 12.7. The summed E-state index contributed by atoms with van der Waals surface area (Å²) in [5.41, 5.74) is 2.01. The summed E-state index contributed by atoms with van der Waals surface area (Å²) in [6.07, 6.45) is 2.63. The number of fused-ring (bicyclic) bond motifs is 1. The minimum absolute atomic E-state index is 0.118. The summed E-state index contributed by atoms with van der Waals surface area (Å²) in [7, 11) is 0. The number of carbonyl (C=O) groups is 1. The molecule has 126 valence electrons. The van der Waals surface area contributed by atoms with Gasteiger partial charge in [-0.2, -0.15) is 0 Å². The van der Waals surface area contributed by atoms with E-state index in [4.69, 9.17) is 4.42 Å². The van der Waals surface area contributed by atoms with Crippen LogP contribution in [-0.2, 0) is 11.2 Å². The maximum atomic E-state index is 12.7. The fourth-order valence-electron chi connectivity index (χ4n) is 2.94. The minimum Gasteiger partial charge on any atom is -0.441 e. The van der Waals surface area contributed by atoms with Gasteiger partial charge < -0.3 is 9.32 Å². The maximum Gasteiger partial charge on any atom is 0.227 e. The van der Waals surface area contributed by atoms with Crippen LogP contribution in [0.1, 0.15) is 12.3 Å². The van der Waals surface area contributed by atoms with Crippen LogP contribution in [0.5, 0.6) is 0 Å². The van der Waals surface area contributed by atoms with Gasteiger partial charge in [0.1, 0.15) is 0 Å². The normalized spacial score (nSPS) is 13.5. The second kappa shape index (κ2) is 7.15. The summed E-state index contributed by atoms with van der Waals surface area (Å²) >= 11 is 1.80. The SMILES string of the molecule is O=C(CCc1ncc(-c2ccccc2)o1)N1CCSc2ccccc21. The zero-order valence-corrected chi connectivity index (χ0v) is 14.5. The third-order valence-electron chi connectivity index (χ3n) is 4.19. The number of thioether (sulfide) groups is 1. The number of hydrogen-bond donors (Lipinski definition) is 0. The third-order valence-corrected chi connectivity index (χ3v) is 5.24. The highest BCUT2D eigenvalue weighted by atomic mass is 32.2. The molecular formula is C20H18N2O2S. The number of para-hydroxylation sites is 1. The average Bonchev–Trinajstić information content (AvgIpc) is 3.15. The predicted molar refractivity (Wildman–Crippen MR) is 99.8 cm³/mol. The first kappa shape index (κ1) is 16.0. The van der Waals surface area contributed by atoms with Gasteiger partial charge in [0.25, 0.3) is 0 Å². The summed E-state index contributed by atoms with van der Waals surface area (Å²) in [5.74, 6) is 2.39. The Morgan fingerprint density at radius 1 is 1.12 bits per heavy atom. The number of benzene rings is 2. The Morgan fingerprint density at radius 3 is 2.80 bits per heavy atom. The van der Waals surface area contributed by atoms with Crippen molar-refractivity contribution in [1.29, 1.82) is 0 Å². The zero-order valence-electron chi connectivity index (χ0n) is 13.7. The number of aromatic nitrogens is 1. The minimum atomic E-state index is 0.118. The molecule has 1 aliphatic rings.